The highest BCUT2D eigenvalue weighted by Gasteiger charge is 2.28. The van der Waals surface area contributed by atoms with Crippen LogP contribution in [0.15, 0.2) is 64.5 Å². The van der Waals surface area contributed by atoms with Gasteiger partial charge >= 0.3 is 0 Å². The summed E-state index contributed by atoms with van der Waals surface area (Å²) in [6.07, 6.45) is 4.39. The Morgan fingerprint density at radius 2 is 1.81 bits per heavy atom. The number of thioether (sulfide) groups is 1. The Hall–Kier alpha value is -2.33. The topological polar surface area (TPSA) is 32.7 Å². The predicted molar refractivity (Wildman–Crippen MR) is 110 cm³/mol. The van der Waals surface area contributed by atoms with Crippen LogP contribution in [0.1, 0.15) is 25.3 Å². The molecule has 132 valence electrons. The number of hydrogen-bond acceptors (Lipinski definition) is 3. The van der Waals surface area contributed by atoms with Crippen molar-refractivity contribution in [2.45, 2.75) is 19.8 Å². The van der Waals surface area contributed by atoms with E-state index in [0.29, 0.717) is 10.8 Å². The van der Waals surface area contributed by atoms with Crippen LogP contribution in [0.25, 0.3) is 17.2 Å². The van der Waals surface area contributed by atoms with Gasteiger partial charge in [0, 0.05) is 13.1 Å². The first-order chi connectivity index (χ1) is 12.7. The lowest BCUT2D eigenvalue weighted by atomic mass is 10.0. The maximum Gasteiger partial charge on any atom is 0.286 e. The number of likely N-dealkylation sites (tertiary alicyclic amines) is 1. The van der Waals surface area contributed by atoms with E-state index in [9.17, 15) is 4.79 Å². The lowest BCUT2D eigenvalue weighted by Gasteiger charge is -2.31. The van der Waals surface area contributed by atoms with Gasteiger partial charge in [0.15, 0.2) is 5.17 Å². The second-order valence-corrected chi connectivity index (χ2v) is 8.00. The maximum absolute atomic E-state index is 12.3. The zero-order chi connectivity index (χ0) is 17.9. The van der Waals surface area contributed by atoms with E-state index < -0.39 is 0 Å². The van der Waals surface area contributed by atoms with Crippen LogP contribution in [0, 0.1) is 5.92 Å². The number of aliphatic imine (C=N–C) groups is 1. The van der Waals surface area contributed by atoms with Crippen molar-refractivity contribution >= 4 is 28.9 Å². The molecule has 1 saturated heterocycles. The highest BCUT2D eigenvalue weighted by Crippen LogP contribution is 2.32. The van der Waals surface area contributed by atoms with Crippen molar-refractivity contribution in [3.05, 3.63) is 65.1 Å². The zero-order valence-electron chi connectivity index (χ0n) is 14.9. The number of rotatable bonds is 2. The van der Waals surface area contributed by atoms with Gasteiger partial charge in [-0.25, -0.2) is 0 Å². The number of carbonyl (C=O) groups is 1. The van der Waals surface area contributed by atoms with Gasteiger partial charge in [0.25, 0.3) is 5.91 Å². The minimum atomic E-state index is -0.115. The highest BCUT2D eigenvalue weighted by molar-refractivity contribution is 8.18. The summed E-state index contributed by atoms with van der Waals surface area (Å²) in [5.74, 6) is 0.552. The van der Waals surface area contributed by atoms with Crippen molar-refractivity contribution < 1.29 is 4.79 Å². The fourth-order valence-electron chi connectivity index (χ4n) is 3.45. The smallest absolute Gasteiger partial charge is 0.286 e. The van der Waals surface area contributed by atoms with Crippen LogP contribution in [-0.2, 0) is 4.79 Å². The molecule has 4 heteroatoms. The summed E-state index contributed by atoms with van der Waals surface area (Å²) < 4.78 is 0. The predicted octanol–water partition coefficient (Wildman–Crippen LogP) is 5.06. The van der Waals surface area contributed by atoms with E-state index in [1.807, 2.05) is 24.3 Å². The largest absolute Gasteiger partial charge is 0.351 e. The third-order valence-electron chi connectivity index (χ3n) is 4.85. The Morgan fingerprint density at radius 1 is 1.08 bits per heavy atom. The summed E-state index contributed by atoms with van der Waals surface area (Å²) in [5, 5.41) is 0.869. The molecule has 1 amide bonds. The molecule has 1 fully saturated rings. The van der Waals surface area contributed by atoms with Crippen LogP contribution in [0.5, 0.6) is 0 Å². The van der Waals surface area contributed by atoms with Gasteiger partial charge in [0.1, 0.15) is 0 Å². The molecule has 4 rings (SSSR count). The van der Waals surface area contributed by atoms with Gasteiger partial charge < -0.3 is 4.90 Å². The van der Waals surface area contributed by atoms with Gasteiger partial charge in [-0.2, -0.15) is 4.99 Å². The van der Waals surface area contributed by atoms with E-state index >= 15 is 0 Å². The van der Waals surface area contributed by atoms with E-state index in [1.165, 1.54) is 35.7 Å². The molecule has 0 spiro atoms. The highest BCUT2D eigenvalue weighted by atomic mass is 32.2. The van der Waals surface area contributed by atoms with E-state index in [2.05, 4.69) is 53.2 Å². The second-order valence-electron chi connectivity index (χ2n) is 6.99. The van der Waals surface area contributed by atoms with Crippen molar-refractivity contribution in [2.75, 3.05) is 13.1 Å². The Kier molecular flexibility index (Phi) is 4.93. The molecule has 0 unspecified atom stereocenters. The van der Waals surface area contributed by atoms with Gasteiger partial charge in [0.05, 0.1) is 4.91 Å². The van der Waals surface area contributed by atoms with Gasteiger partial charge in [-0.3, -0.25) is 4.79 Å². The first-order valence-corrected chi connectivity index (χ1v) is 9.94. The number of piperidine rings is 1. The molecule has 3 nitrogen and oxygen atoms in total. The molecule has 1 atom stereocenters. The zero-order valence-corrected chi connectivity index (χ0v) is 15.7. The third-order valence-corrected chi connectivity index (χ3v) is 5.90. The Bertz CT molecular complexity index is 855. The standard InChI is InChI=1S/C22H22N2OS/c1-16-6-5-13-24(15-16)22-23-21(25)20(26-22)14-17-9-11-19(12-10-17)18-7-3-2-4-8-18/h2-4,7-12,14,16H,5-6,13,15H2,1H3/b20-14-/t16-/m0/s1. The Balaban J connectivity index is 1.48. The molecule has 0 radical (unpaired) electrons. The number of amidine groups is 1. The van der Waals surface area contributed by atoms with E-state index in [1.54, 1.807) is 0 Å². The quantitative estimate of drug-likeness (QED) is 0.700. The molecule has 2 aliphatic heterocycles. The molecule has 2 aliphatic rings. The van der Waals surface area contributed by atoms with Crippen molar-refractivity contribution in [1.29, 1.82) is 0 Å². The van der Waals surface area contributed by atoms with Gasteiger partial charge in [-0.1, -0.05) is 61.5 Å². The maximum atomic E-state index is 12.3. The lowest BCUT2D eigenvalue weighted by Crippen LogP contribution is -2.37. The summed E-state index contributed by atoms with van der Waals surface area (Å²) >= 11 is 1.51. The molecule has 0 bridgehead atoms. The van der Waals surface area contributed by atoms with Gasteiger partial charge in [-0.15, -0.1) is 0 Å². The first-order valence-electron chi connectivity index (χ1n) is 9.12. The van der Waals surface area contributed by atoms with Crippen LogP contribution in [0.4, 0.5) is 0 Å². The average Bonchev–Trinajstić information content (AvgIpc) is 3.04. The van der Waals surface area contributed by atoms with Crippen molar-refractivity contribution in [3.8, 4) is 11.1 Å². The molecular formula is C22H22N2OS. The van der Waals surface area contributed by atoms with Crippen LogP contribution < -0.4 is 0 Å². The molecule has 2 heterocycles. The van der Waals surface area contributed by atoms with Crippen molar-refractivity contribution in [3.63, 3.8) is 0 Å². The monoisotopic (exact) mass is 362 g/mol. The minimum Gasteiger partial charge on any atom is -0.351 e. The SMILES string of the molecule is C[C@H]1CCCN(C2=NC(=O)/C(=C/c3ccc(-c4ccccc4)cc3)S2)C1. The summed E-state index contributed by atoms with van der Waals surface area (Å²) in [5.41, 5.74) is 3.41. The summed E-state index contributed by atoms with van der Waals surface area (Å²) in [7, 11) is 0. The number of amides is 1. The number of hydrogen-bond donors (Lipinski definition) is 0. The number of carbonyl (C=O) groups excluding carboxylic acids is 1. The van der Waals surface area contributed by atoms with Crippen LogP contribution in [0.2, 0.25) is 0 Å². The van der Waals surface area contributed by atoms with Gasteiger partial charge in [-0.05, 0) is 53.3 Å². The molecule has 2 aromatic rings. The lowest BCUT2D eigenvalue weighted by molar-refractivity contribution is -0.113. The third kappa shape index (κ3) is 3.75. The molecular weight excluding hydrogens is 340 g/mol. The van der Waals surface area contributed by atoms with E-state index in [-0.39, 0.29) is 5.91 Å². The fourth-order valence-corrected chi connectivity index (χ4v) is 4.40. The fraction of sp³-hybridized carbons (Fsp3) is 0.273. The first kappa shape index (κ1) is 17.1. The summed E-state index contributed by atoms with van der Waals surface area (Å²) in [4.78, 5) is 19.6. The summed E-state index contributed by atoms with van der Waals surface area (Å²) in [6.45, 7) is 4.26. The molecule has 0 aliphatic carbocycles. The van der Waals surface area contributed by atoms with Gasteiger partial charge in [0.2, 0.25) is 0 Å². The van der Waals surface area contributed by atoms with Crippen molar-refractivity contribution in [2.24, 2.45) is 10.9 Å². The normalized spacial score (nSPS) is 22.0. The second kappa shape index (κ2) is 7.50. The van der Waals surface area contributed by atoms with E-state index in [4.69, 9.17) is 0 Å². The summed E-state index contributed by atoms with van der Waals surface area (Å²) in [6, 6.07) is 18.6. The average molecular weight is 362 g/mol. The molecule has 0 saturated carbocycles. The minimum absolute atomic E-state index is 0.115. The van der Waals surface area contributed by atoms with Crippen LogP contribution in [0.3, 0.4) is 0 Å². The number of nitrogens with zero attached hydrogens (tertiary/aromatic N) is 2. The van der Waals surface area contributed by atoms with Crippen LogP contribution in [-0.4, -0.2) is 29.1 Å². The molecule has 0 N–H and O–H groups in total. The van der Waals surface area contributed by atoms with Crippen molar-refractivity contribution in [1.82, 2.24) is 4.90 Å². The molecule has 26 heavy (non-hydrogen) atoms. The number of benzene rings is 2. The molecule has 2 aromatic carbocycles. The van der Waals surface area contributed by atoms with Crippen LogP contribution >= 0.6 is 11.8 Å². The Labute approximate surface area is 158 Å². The Morgan fingerprint density at radius 3 is 2.54 bits per heavy atom. The molecule has 0 aromatic heterocycles. The van der Waals surface area contributed by atoms with E-state index in [0.717, 1.165) is 23.8 Å².